The van der Waals surface area contributed by atoms with Crippen molar-refractivity contribution in [1.29, 1.82) is 0 Å². The molecule has 1 heteroatoms. The number of hydrogen-bond donors (Lipinski definition) is 1. The van der Waals surface area contributed by atoms with Gasteiger partial charge in [-0.25, -0.2) is 0 Å². The highest BCUT2D eigenvalue weighted by atomic mass is 15.0. The molecular formula is C14H19N. The van der Waals surface area contributed by atoms with Crippen LogP contribution in [-0.2, 0) is 6.42 Å². The highest BCUT2D eigenvalue weighted by molar-refractivity contribution is 5.33. The van der Waals surface area contributed by atoms with Crippen LogP contribution in [0.3, 0.4) is 0 Å². The van der Waals surface area contributed by atoms with Crippen molar-refractivity contribution in [2.45, 2.75) is 38.8 Å². The quantitative estimate of drug-likeness (QED) is 0.724. The fraction of sp³-hybridized carbons (Fsp3) is 0.429. The summed E-state index contributed by atoms with van der Waals surface area (Å²) in [7, 11) is 0. The first-order valence-electron chi connectivity index (χ1n) is 5.65. The Balaban J connectivity index is 2.19. The fourth-order valence-corrected chi connectivity index (χ4v) is 2.46. The summed E-state index contributed by atoms with van der Waals surface area (Å²) < 4.78 is 0. The number of hydrogen-bond acceptors (Lipinski definition) is 1. The van der Waals surface area contributed by atoms with Crippen molar-refractivity contribution in [2.24, 2.45) is 0 Å². The van der Waals surface area contributed by atoms with Crippen molar-refractivity contribution in [3.05, 3.63) is 47.5 Å². The number of benzene rings is 1. The summed E-state index contributed by atoms with van der Waals surface area (Å²) in [6.45, 7) is 8.33. The third-order valence-electron chi connectivity index (χ3n) is 3.07. The molecule has 1 nitrogen and oxygen atoms in total. The minimum absolute atomic E-state index is 0.472. The molecule has 0 amide bonds. The van der Waals surface area contributed by atoms with E-state index >= 15 is 0 Å². The van der Waals surface area contributed by atoms with Gasteiger partial charge in [0.2, 0.25) is 0 Å². The Kier molecular flexibility index (Phi) is 2.92. The summed E-state index contributed by atoms with van der Waals surface area (Å²) in [5.74, 6) is 0. The van der Waals surface area contributed by atoms with Gasteiger partial charge in [-0.3, -0.25) is 0 Å². The Hall–Kier alpha value is -1.08. The zero-order valence-electron chi connectivity index (χ0n) is 9.59. The maximum Gasteiger partial charge on any atom is 0.0297 e. The van der Waals surface area contributed by atoms with Crippen molar-refractivity contribution in [1.82, 2.24) is 5.32 Å². The van der Waals surface area contributed by atoms with E-state index in [2.05, 4.69) is 50.0 Å². The monoisotopic (exact) mass is 201 g/mol. The molecular weight excluding hydrogens is 182 g/mol. The van der Waals surface area contributed by atoms with E-state index in [1.165, 1.54) is 16.7 Å². The topological polar surface area (TPSA) is 12.0 Å². The molecule has 15 heavy (non-hydrogen) atoms. The molecule has 80 valence electrons. The average molecular weight is 201 g/mol. The van der Waals surface area contributed by atoms with E-state index in [0.29, 0.717) is 12.1 Å². The molecule has 1 aromatic carbocycles. The lowest BCUT2D eigenvalue weighted by Gasteiger charge is -2.31. The maximum absolute atomic E-state index is 3.99. The molecule has 0 saturated carbocycles. The van der Waals surface area contributed by atoms with Gasteiger partial charge >= 0.3 is 0 Å². The van der Waals surface area contributed by atoms with E-state index in [1.807, 2.05) is 0 Å². The first kappa shape index (κ1) is 10.4. The molecule has 0 aromatic heterocycles. The summed E-state index contributed by atoms with van der Waals surface area (Å²) in [6, 6.07) is 9.76. The van der Waals surface area contributed by atoms with Crippen LogP contribution in [0.2, 0.25) is 0 Å². The second-order valence-electron chi connectivity index (χ2n) is 4.65. The van der Waals surface area contributed by atoms with Gasteiger partial charge in [-0.05, 0) is 37.8 Å². The molecule has 2 atom stereocenters. The van der Waals surface area contributed by atoms with E-state index in [1.54, 1.807) is 0 Å². The third-order valence-corrected chi connectivity index (χ3v) is 3.07. The molecule has 1 aliphatic rings. The second kappa shape index (κ2) is 4.19. The molecule has 2 unspecified atom stereocenters. The van der Waals surface area contributed by atoms with Gasteiger partial charge in [0.15, 0.2) is 0 Å². The summed E-state index contributed by atoms with van der Waals surface area (Å²) in [5.41, 5.74) is 4.21. The highest BCUT2D eigenvalue weighted by Gasteiger charge is 2.22. The van der Waals surface area contributed by atoms with Crippen LogP contribution in [0.4, 0.5) is 0 Å². The maximum atomic E-state index is 3.99. The van der Waals surface area contributed by atoms with Gasteiger partial charge in [0.25, 0.3) is 0 Å². The molecule has 1 aromatic rings. The largest absolute Gasteiger partial charge is 0.307 e. The Morgan fingerprint density at radius 2 is 2.20 bits per heavy atom. The lowest BCUT2D eigenvalue weighted by atomic mass is 9.89. The first-order chi connectivity index (χ1) is 7.16. The molecule has 0 saturated heterocycles. The summed E-state index contributed by atoms with van der Waals surface area (Å²) in [4.78, 5) is 0. The van der Waals surface area contributed by atoms with Crippen LogP contribution < -0.4 is 5.32 Å². The smallest absolute Gasteiger partial charge is 0.0297 e. The standard InChI is InChI=1S/C14H19N/c1-10(2)8-13-9-12-6-4-5-7-14(12)11(3)15-13/h4-7,11,13,15H,1,8-9H2,2-3H3. The minimum Gasteiger partial charge on any atom is -0.307 e. The molecule has 0 fully saturated rings. The van der Waals surface area contributed by atoms with Crippen molar-refractivity contribution >= 4 is 0 Å². The van der Waals surface area contributed by atoms with Crippen molar-refractivity contribution in [2.75, 3.05) is 0 Å². The highest BCUT2D eigenvalue weighted by Crippen LogP contribution is 2.26. The fourth-order valence-electron chi connectivity index (χ4n) is 2.46. The zero-order chi connectivity index (χ0) is 10.8. The molecule has 0 spiro atoms. The first-order valence-corrected chi connectivity index (χ1v) is 5.65. The van der Waals surface area contributed by atoms with Gasteiger partial charge in [0.05, 0.1) is 0 Å². The molecule has 0 aliphatic carbocycles. The summed E-state index contributed by atoms with van der Waals surface area (Å²) in [5, 5.41) is 3.64. The van der Waals surface area contributed by atoms with Crippen LogP contribution in [0.25, 0.3) is 0 Å². The molecule has 0 radical (unpaired) electrons. The Labute approximate surface area is 92.2 Å². The predicted molar refractivity (Wildman–Crippen MR) is 64.9 cm³/mol. The van der Waals surface area contributed by atoms with Gasteiger partial charge in [0, 0.05) is 12.1 Å². The van der Waals surface area contributed by atoms with Gasteiger partial charge < -0.3 is 5.32 Å². The average Bonchev–Trinajstić information content (AvgIpc) is 2.16. The molecule has 0 bridgehead atoms. The van der Waals surface area contributed by atoms with Crippen molar-refractivity contribution in [3.63, 3.8) is 0 Å². The van der Waals surface area contributed by atoms with Crippen LogP contribution in [0.5, 0.6) is 0 Å². The van der Waals surface area contributed by atoms with Gasteiger partial charge in [-0.15, -0.1) is 6.58 Å². The van der Waals surface area contributed by atoms with E-state index in [4.69, 9.17) is 0 Å². The van der Waals surface area contributed by atoms with Crippen LogP contribution in [0.1, 0.15) is 37.4 Å². The minimum atomic E-state index is 0.472. The van der Waals surface area contributed by atoms with E-state index < -0.39 is 0 Å². The van der Waals surface area contributed by atoms with E-state index in [0.717, 1.165) is 12.8 Å². The zero-order valence-corrected chi connectivity index (χ0v) is 9.59. The van der Waals surface area contributed by atoms with Crippen LogP contribution in [0.15, 0.2) is 36.4 Å². The van der Waals surface area contributed by atoms with Crippen LogP contribution >= 0.6 is 0 Å². The van der Waals surface area contributed by atoms with Crippen LogP contribution in [0, 0.1) is 0 Å². The molecule has 1 N–H and O–H groups in total. The molecule has 2 rings (SSSR count). The normalized spacial score (nSPS) is 24.7. The Morgan fingerprint density at radius 3 is 2.93 bits per heavy atom. The van der Waals surface area contributed by atoms with E-state index in [9.17, 15) is 0 Å². The lowest BCUT2D eigenvalue weighted by Crippen LogP contribution is -2.38. The second-order valence-corrected chi connectivity index (χ2v) is 4.65. The number of nitrogens with one attached hydrogen (secondary N) is 1. The number of fused-ring (bicyclic) bond motifs is 1. The third kappa shape index (κ3) is 2.29. The van der Waals surface area contributed by atoms with Gasteiger partial charge in [0.1, 0.15) is 0 Å². The Morgan fingerprint density at radius 1 is 1.47 bits per heavy atom. The van der Waals surface area contributed by atoms with Crippen LogP contribution in [-0.4, -0.2) is 6.04 Å². The van der Waals surface area contributed by atoms with Crippen molar-refractivity contribution in [3.8, 4) is 0 Å². The summed E-state index contributed by atoms with van der Waals surface area (Å²) >= 11 is 0. The Bertz CT molecular complexity index is 367. The van der Waals surface area contributed by atoms with Crippen molar-refractivity contribution < 1.29 is 0 Å². The predicted octanol–water partition coefficient (Wildman–Crippen LogP) is 3.23. The van der Waals surface area contributed by atoms with Gasteiger partial charge in [-0.2, -0.15) is 0 Å². The molecule has 1 heterocycles. The summed E-state index contributed by atoms with van der Waals surface area (Å²) in [6.07, 6.45) is 2.21. The number of rotatable bonds is 2. The van der Waals surface area contributed by atoms with E-state index in [-0.39, 0.29) is 0 Å². The van der Waals surface area contributed by atoms with Gasteiger partial charge in [-0.1, -0.05) is 29.8 Å². The molecule has 1 aliphatic heterocycles. The SMILES string of the molecule is C=C(C)CC1Cc2ccccc2C(C)N1. The lowest BCUT2D eigenvalue weighted by molar-refractivity contribution is 0.418.